The number of para-hydroxylation sites is 1. The Bertz CT molecular complexity index is 1010. The summed E-state index contributed by atoms with van der Waals surface area (Å²) in [5.41, 5.74) is 4.33. The van der Waals surface area contributed by atoms with Crippen molar-refractivity contribution in [2.45, 2.75) is 25.2 Å². The number of pyridine rings is 2. The first-order valence-corrected chi connectivity index (χ1v) is 10.1. The summed E-state index contributed by atoms with van der Waals surface area (Å²) in [6, 6.07) is 16.5. The number of carbonyl (C=O) groups excluding carboxylic acids is 1. The number of rotatable bonds is 3. The molecule has 0 unspecified atom stereocenters. The third kappa shape index (κ3) is 3.27. The number of piperidine rings is 1. The van der Waals surface area contributed by atoms with Crippen molar-refractivity contribution < 1.29 is 4.79 Å². The van der Waals surface area contributed by atoms with Crippen LogP contribution in [0.5, 0.6) is 0 Å². The van der Waals surface area contributed by atoms with Crippen molar-refractivity contribution in [1.29, 1.82) is 0 Å². The Morgan fingerprint density at radius 3 is 2.75 bits per heavy atom. The number of aromatic nitrogens is 2. The van der Waals surface area contributed by atoms with E-state index in [2.05, 4.69) is 34.1 Å². The molecule has 2 aromatic heterocycles. The average molecular weight is 372 g/mol. The Hall–Kier alpha value is -2.79. The molecule has 2 aliphatic rings. The highest BCUT2D eigenvalue weighted by Crippen LogP contribution is 2.30. The number of amides is 1. The molecule has 3 aromatic rings. The van der Waals surface area contributed by atoms with Crippen molar-refractivity contribution >= 4 is 22.6 Å². The molecule has 0 atom stereocenters. The summed E-state index contributed by atoms with van der Waals surface area (Å²) in [5.74, 6) is 0.668. The molecule has 1 aromatic carbocycles. The molecule has 0 bridgehead atoms. The zero-order valence-electron chi connectivity index (χ0n) is 15.9. The fourth-order valence-electron chi connectivity index (χ4n) is 4.46. The highest BCUT2D eigenvalue weighted by Gasteiger charge is 2.28. The normalized spacial score (nSPS) is 17.8. The molecule has 0 radical (unpaired) electrons. The van der Waals surface area contributed by atoms with Gasteiger partial charge in [-0.1, -0.05) is 18.2 Å². The maximum atomic E-state index is 12.8. The first kappa shape index (κ1) is 17.3. The van der Waals surface area contributed by atoms with E-state index in [4.69, 9.17) is 4.98 Å². The Labute approximate surface area is 165 Å². The molecule has 1 amide bonds. The number of benzene rings is 1. The standard InChI is InChI=1S/C23H24N4O/c28-22(27-15-11-18-4-1-2-6-21(18)27)16-26-13-9-17(10-14-26)20-8-7-19-5-3-12-24-23(19)25-20/h1-8,12,17H,9-11,13-16H2. The van der Waals surface area contributed by atoms with Crippen LogP contribution >= 0.6 is 0 Å². The maximum Gasteiger partial charge on any atom is 0.241 e. The highest BCUT2D eigenvalue weighted by atomic mass is 16.2. The lowest BCUT2D eigenvalue weighted by Gasteiger charge is -2.32. The maximum absolute atomic E-state index is 12.8. The van der Waals surface area contributed by atoms with Crippen LogP contribution in [0.3, 0.4) is 0 Å². The largest absolute Gasteiger partial charge is 0.311 e. The smallest absolute Gasteiger partial charge is 0.241 e. The molecule has 0 N–H and O–H groups in total. The van der Waals surface area contributed by atoms with Crippen LogP contribution in [0.2, 0.25) is 0 Å². The van der Waals surface area contributed by atoms with Gasteiger partial charge in [0.1, 0.15) is 0 Å². The minimum Gasteiger partial charge on any atom is -0.311 e. The van der Waals surface area contributed by atoms with Crippen molar-refractivity contribution in [3.63, 3.8) is 0 Å². The van der Waals surface area contributed by atoms with E-state index in [1.807, 2.05) is 29.2 Å². The topological polar surface area (TPSA) is 49.3 Å². The molecule has 0 saturated carbocycles. The highest BCUT2D eigenvalue weighted by molar-refractivity contribution is 5.96. The number of nitrogens with zero attached hydrogens (tertiary/aromatic N) is 4. The van der Waals surface area contributed by atoms with E-state index in [0.29, 0.717) is 12.5 Å². The van der Waals surface area contributed by atoms with E-state index in [0.717, 1.165) is 61.3 Å². The SMILES string of the molecule is O=C(CN1CCC(c2ccc3cccnc3n2)CC1)N1CCc2ccccc21. The molecule has 28 heavy (non-hydrogen) atoms. The molecule has 4 heterocycles. The molecule has 5 heteroatoms. The number of hydrogen-bond donors (Lipinski definition) is 0. The van der Waals surface area contributed by atoms with Crippen molar-refractivity contribution in [3.8, 4) is 0 Å². The molecule has 2 aliphatic heterocycles. The second-order valence-corrected chi connectivity index (χ2v) is 7.76. The fraction of sp³-hybridized carbons (Fsp3) is 0.348. The van der Waals surface area contributed by atoms with Gasteiger partial charge < -0.3 is 4.90 Å². The molecule has 1 saturated heterocycles. The molecular weight excluding hydrogens is 348 g/mol. The van der Waals surface area contributed by atoms with E-state index in [-0.39, 0.29) is 5.91 Å². The lowest BCUT2D eigenvalue weighted by Crippen LogP contribution is -2.42. The van der Waals surface area contributed by atoms with E-state index < -0.39 is 0 Å². The van der Waals surface area contributed by atoms with Crippen LogP contribution in [-0.2, 0) is 11.2 Å². The fourth-order valence-corrected chi connectivity index (χ4v) is 4.46. The summed E-state index contributed by atoms with van der Waals surface area (Å²) < 4.78 is 0. The van der Waals surface area contributed by atoms with Gasteiger partial charge in [0.25, 0.3) is 0 Å². The quantitative estimate of drug-likeness (QED) is 0.707. The van der Waals surface area contributed by atoms with Gasteiger partial charge in [-0.3, -0.25) is 9.69 Å². The van der Waals surface area contributed by atoms with Crippen LogP contribution in [-0.4, -0.2) is 47.0 Å². The van der Waals surface area contributed by atoms with Crippen LogP contribution in [0.4, 0.5) is 5.69 Å². The van der Waals surface area contributed by atoms with Gasteiger partial charge in [0.15, 0.2) is 5.65 Å². The number of hydrogen-bond acceptors (Lipinski definition) is 4. The van der Waals surface area contributed by atoms with Crippen LogP contribution in [0.1, 0.15) is 30.0 Å². The second-order valence-electron chi connectivity index (χ2n) is 7.76. The first-order chi connectivity index (χ1) is 13.8. The van der Waals surface area contributed by atoms with Crippen LogP contribution in [0, 0.1) is 0 Å². The number of likely N-dealkylation sites (tertiary alicyclic amines) is 1. The summed E-state index contributed by atoms with van der Waals surface area (Å²) in [5, 5.41) is 1.08. The molecule has 5 nitrogen and oxygen atoms in total. The van der Waals surface area contributed by atoms with E-state index in [9.17, 15) is 4.79 Å². The average Bonchev–Trinajstić information content (AvgIpc) is 3.18. The van der Waals surface area contributed by atoms with Gasteiger partial charge in [-0.15, -0.1) is 0 Å². The zero-order valence-corrected chi connectivity index (χ0v) is 15.9. The van der Waals surface area contributed by atoms with Gasteiger partial charge in [-0.2, -0.15) is 0 Å². The predicted octanol–water partition coefficient (Wildman–Crippen LogP) is 3.40. The summed E-state index contributed by atoms with van der Waals surface area (Å²) in [6.07, 6.45) is 4.83. The lowest BCUT2D eigenvalue weighted by atomic mass is 9.93. The van der Waals surface area contributed by atoms with Crippen molar-refractivity contribution in [3.05, 3.63) is 66.0 Å². The van der Waals surface area contributed by atoms with E-state index in [1.165, 1.54) is 5.56 Å². The van der Waals surface area contributed by atoms with Crippen molar-refractivity contribution in [2.75, 3.05) is 31.1 Å². The Morgan fingerprint density at radius 1 is 1.00 bits per heavy atom. The second kappa shape index (κ2) is 7.32. The zero-order chi connectivity index (χ0) is 18.9. The molecule has 5 rings (SSSR count). The minimum atomic E-state index is 0.219. The monoisotopic (exact) mass is 372 g/mol. The number of fused-ring (bicyclic) bond motifs is 2. The molecular formula is C23H24N4O. The van der Waals surface area contributed by atoms with E-state index in [1.54, 1.807) is 6.20 Å². The van der Waals surface area contributed by atoms with E-state index >= 15 is 0 Å². The number of anilines is 1. The summed E-state index contributed by atoms with van der Waals surface area (Å²) >= 11 is 0. The lowest BCUT2D eigenvalue weighted by molar-refractivity contribution is -0.119. The molecule has 142 valence electrons. The Kier molecular flexibility index (Phi) is 4.53. The third-order valence-corrected chi connectivity index (χ3v) is 6.04. The molecule has 0 aliphatic carbocycles. The first-order valence-electron chi connectivity index (χ1n) is 10.1. The minimum absolute atomic E-state index is 0.219. The van der Waals surface area contributed by atoms with Gasteiger partial charge in [0.05, 0.1) is 6.54 Å². The summed E-state index contributed by atoms with van der Waals surface area (Å²) in [6.45, 7) is 3.19. The van der Waals surface area contributed by atoms with Crippen LogP contribution < -0.4 is 4.90 Å². The van der Waals surface area contributed by atoms with Gasteiger partial charge in [-0.25, -0.2) is 9.97 Å². The third-order valence-electron chi connectivity index (χ3n) is 6.04. The molecule has 0 spiro atoms. The van der Waals surface area contributed by atoms with Crippen LogP contribution in [0.15, 0.2) is 54.7 Å². The van der Waals surface area contributed by atoms with Gasteiger partial charge in [0.2, 0.25) is 5.91 Å². The van der Waals surface area contributed by atoms with Gasteiger partial charge >= 0.3 is 0 Å². The Morgan fingerprint density at radius 2 is 1.86 bits per heavy atom. The van der Waals surface area contributed by atoms with Crippen molar-refractivity contribution in [2.24, 2.45) is 0 Å². The summed E-state index contributed by atoms with van der Waals surface area (Å²) in [4.78, 5) is 26.2. The Balaban J connectivity index is 1.21. The number of carbonyl (C=O) groups is 1. The molecule has 1 fully saturated rings. The predicted molar refractivity (Wildman–Crippen MR) is 110 cm³/mol. The van der Waals surface area contributed by atoms with Crippen LogP contribution in [0.25, 0.3) is 11.0 Å². The van der Waals surface area contributed by atoms with Gasteiger partial charge in [-0.05, 0) is 68.2 Å². The van der Waals surface area contributed by atoms with Gasteiger partial charge in [0, 0.05) is 35.4 Å². The summed E-state index contributed by atoms with van der Waals surface area (Å²) in [7, 11) is 0. The van der Waals surface area contributed by atoms with Crippen molar-refractivity contribution in [1.82, 2.24) is 14.9 Å².